The molecule has 0 bridgehead atoms. The van der Waals surface area contributed by atoms with Gasteiger partial charge in [-0.15, -0.1) is 6.58 Å². The average molecular weight is 576 g/mol. The monoisotopic (exact) mass is 576 g/mol. The van der Waals surface area contributed by atoms with Crippen LogP contribution in [-0.4, -0.2) is 9.55 Å². The number of nitrogens with one attached hydrogen (secondary N) is 1. The molecule has 3 heteroatoms. The summed E-state index contributed by atoms with van der Waals surface area (Å²) in [7, 11) is 0. The van der Waals surface area contributed by atoms with E-state index in [1.165, 1.54) is 52.9 Å². The van der Waals surface area contributed by atoms with Crippen LogP contribution in [0, 0.1) is 19.3 Å². The summed E-state index contributed by atoms with van der Waals surface area (Å²) >= 11 is 0. The van der Waals surface area contributed by atoms with E-state index in [0.29, 0.717) is 5.92 Å². The van der Waals surface area contributed by atoms with Crippen LogP contribution in [-0.2, 0) is 6.54 Å². The smallest absolute Gasteiger partial charge is 0.112 e. The molecular formula is C39H65N3. The van der Waals surface area contributed by atoms with E-state index in [1.54, 1.807) is 6.08 Å². The molecule has 1 atom stereocenters. The summed E-state index contributed by atoms with van der Waals surface area (Å²) < 4.78 is 2.42. The van der Waals surface area contributed by atoms with E-state index in [2.05, 4.69) is 116 Å². The van der Waals surface area contributed by atoms with E-state index in [-0.39, 0.29) is 5.41 Å². The van der Waals surface area contributed by atoms with Crippen molar-refractivity contribution in [1.29, 1.82) is 0 Å². The molecule has 3 nitrogen and oxygen atoms in total. The second-order valence-electron chi connectivity index (χ2n) is 11.8. The Morgan fingerprint density at radius 1 is 1.02 bits per heavy atom. The number of hydrogen-bond donors (Lipinski definition) is 1. The van der Waals surface area contributed by atoms with Gasteiger partial charge in [-0.25, -0.2) is 4.98 Å². The SMILES string of the molecule is C=C1NC(=C)C(C)(C)/C1=C(/C)CCCC(CCC)c1nc(-c2ccc(C)c(C)c2)cn1CCC.C=CC.CC.CCC. The van der Waals surface area contributed by atoms with Crippen molar-refractivity contribution in [2.24, 2.45) is 5.41 Å². The molecule has 1 fully saturated rings. The molecule has 1 unspecified atom stereocenters. The van der Waals surface area contributed by atoms with Crippen LogP contribution in [0.2, 0.25) is 0 Å². The predicted molar refractivity (Wildman–Crippen MR) is 190 cm³/mol. The number of hydrogen-bond acceptors (Lipinski definition) is 2. The lowest BCUT2D eigenvalue weighted by atomic mass is 9.80. The van der Waals surface area contributed by atoms with Gasteiger partial charge in [-0.05, 0) is 82.6 Å². The van der Waals surface area contributed by atoms with Gasteiger partial charge in [0.1, 0.15) is 5.82 Å². The first-order valence-electron chi connectivity index (χ1n) is 16.5. The number of rotatable bonds is 10. The summed E-state index contributed by atoms with van der Waals surface area (Å²) in [6, 6.07) is 6.71. The minimum Gasteiger partial charge on any atom is -0.359 e. The first kappa shape index (κ1) is 39.2. The molecule has 1 aromatic carbocycles. The molecule has 1 saturated heterocycles. The van der Waals surface area contributed by atoms with Crippen LogP contribution in [0.1, 0.15) is 137 Å². The van der Waals surface area contributed by atoms with Crippen molar-refractivity contribution in [2.45, 2.75) is 140 Å². The maximum absolute atomic E-state index is 5.22. The summed E-state index contributed by atoms with van der Waals surface area (Å²) in [6.45, 7) is 38.7. The quantitative estimate of drug-likeness (QED) is 0.286. The first-order chi connectivity index (χ1) is 19.9. The van der Waals surface area contributed by atoms with Crippen LogP contribution in [0.25, 0.3) is 11.3 Å². The Kier molecular flexibility index (Phi) is 18.8. The largest absolute Gasteiger partial charge is 0.359 e. The van der Waals surface area contributed by atoms with Gasteiger partial charge in [0.15, 0.2) is 0 Å². The molecule has 1 N–H and O–H groups in total. The van der Waals surface area contributed by atoms with Crippen LogP contribution >= 0.6 is 0 Å². The molecule has 0 saturated carbocycles. The van der Waals surface area contributed by atoms with Gasteiger partial charge >= 0.3 is 0 Å². The first-order valence-corrected chi connectivity index (χ1v) is 16.5. The molecule has 1 aliphatic heterocycles. The van der Waals surface area contributed by atoms with Gasteiger partial charge in [0, 0.05) is 41.0 Å². The third kappa shape index (κ3) is 11.1. The van der Waals surface area contributed by atoms with Crippen molar-refractivity contribution in [1.82, 2.24) is 14.9 Å². The molecule has 3 rings (SSSR count). The number of allylic oxidation sites excluding steroid dienone is 4. The van der Waals surface area contributed by atoms with Gasteiger partial charge in [-0.1, -0.05) is 105 Å². The van der Waals surface area contributed by atoms with Gasteiger partial charge in [0.25, 0.3) is 0 Å². The predicted octanol–water partition coefficient (Wildman–Crippen LogP) is 12.2. The minimum atomic E-state index is -0.0531. The zero-order valence-corrected chi connectivity index (χ0v) is 29.6. The van der Waals surface area contributed by atoms with E-state index in [4.69, 9.17) is 4.98 Å². The molecule has 42 heavy (non-hydrogen) atoms. The molecule has 1 aromatic heterocycles. The van der Waals surface area contributed by atoms with Gasteiger partial charge in [0.05, 0.1) is 5.69 Å². The van der Waals surface area contributed by atoms with Gasteiger partial charge in [0.2, 0.25) is 0 Å². The highest BCUT2D eigenvalue weighted by atomic mass is 15.1. The zero-order valence-electron chi connectivity index (χ0n) is 29.6. The Hall–Kier alpha value is -2.81. The van der Waals surface area contributed by atoms with Crippen LogP contribution < -0.4 is 5.32 Å². The number of aromatic nitrogens is 2. The van der Waals surface area contributed by atoms with Crippen LogP contribution in [0.15, 0.2) is 72.7 Å². The third-order valence-corrected chi connectivity index (χ3v) is 7.59. The number of benzene rings is 1. The molecule has 0 amide bonds. The van der Waals surface area contributed by atoms with E-state index in [9.17, 15) is 0 Å². The van der Waals surface area contributed by atoms with Crippen molar-refractivity contribution in [2.75, 3.05) is 0 Å². The molecule has 0 aliphatic carbocycles. The van der Waals surface area contributed by atoms with Crippen molar-refractivity contribution in [3.05, 3.63) is 89.7 Å². The lowest BCUT2D eigenvalue weighted by Crippen LogP contribution is -2.14. The van der Waals surface area contributed by atoms with Crippen molar-refractivity contribution >= 4 is 0 Å². The van der Waals surface area contributed by atoms with Gasteiger partial charge in [-0.2, -0.15) is 0 Å². The van der Waals surface area contributed by atoms with Crippen molar-refractivity contribution in [3.8, 4) is 11.3 Å². The second-order valence-corrected chi connectivity index (χ2v) is 11.8. The van der Waals surface area contributed by atoms with Crippen LogP contribution in [0.5, 0.6) is 0 Å². The molecule has 236 valence electrons. The Morgan fingerprint density at radius 3 is 2.10 bits per heavy atom. The van der Waals surface area contributed by atoms with Gasteiger partial charge in [-0.3, -0.25) is 0 Å². The summed E-state index contributed by atoms with van der Waals surface area (Å²) in [4.78, 5) is 5.22. The fraction of sp³-hybridized carbons (Fsp3) is 0.564. The Balaban J connectivity index is 0.00000190. The van der Waals surface area contributed by atoms with Crippen molar-refractivity contribution < 1.29 is 0 Å². The van der Waals surface area contributed by atoms with E-state index >= 15 is 0 Å². The second kappa shape index (κ2) is 20.2. The number of nitrogens with zero attached hydrogens (tertiary/aromatic N) is 2. The average Bonchev–Trinajstić information content (AvgIpc) is 3.44. The topological polar surface area (TPSA) is 29.9 Å². The minimum absolute atomic E-state index is 0.0531. The Labute approximate surface area is 261 Å². The summed E-state index contributed by atoms with van der Waals surface area (Å²) in [5, 5.41) is 3.37. The lowest BCUT2D eigenvalue weighted by Gasteiger charge is -2.23. The van der Waals surface area contributed by atoms with Crippen molar-refractivity contribution in [3.63, 3.8) is 0 Å². The summed E-state index contributed by atoms with van der Waals surface area (Å²) in [5.74, 6) is 1.76. The fourth-order valence-electron chi connectivity index (χ4n) is 5.43. The number of imidazole rings is 1. The highest BCUT2D eigenvalue weighted by Crippen LogP contribution is 2.44. The number of aryl methyl sites for hydroxylation is 3. The Morgan fingerprint density at radius 2 is 1.62 bits per heavy atom. The fourth-order valence-corrected chi connectivity index (χ4v) is 5.43. The maximum Gasteiger partial charge on any atom is 0.112 e. The van der Waals surface area contributed by atoms with E-state index < -0.39 is 0 Å². The lowest BCUT2D eigenvalue weighted by molar-refractivity contribution is 0.487. The van der Waals surface area contributed by atoms with Crippen LogP contribution in [0.4, 0.5) is 0 Å². The van der Waals surface area contributed by atoms with Crippen LogP contribution in [0.3, 0.4) is 0 Å². The Bertz CT molecular complexity index is 1140. The van der Waals surface area contributed by atoms with E-state index in [1.807, 2.05) is 20.8 Å². The molecule has 1 aliphatic rings. The maximum atomic E-state index is 5.22. The highest BCUT2D eigenvalue weighted by Gasteiger charge is 2.36. The molecular weight excluding hydrogens is 510 g/mol. The van der Waals surface area contributed by atoms with E-state index in [0.717, 1.165) is 49.3 Å². The molecule has 2 aromatic rings. The summed E-state index contributed by atoms with van der Waals surface area (Å²) in [6.07, 6.45) is 12.2. The molecule has 0 spiro atoms. The highest BCUT2D eigenvalue weighted by molar-refractivity contribution is 5.60. The zero-order chi connectivity index (χ0) is 32.5. The van der Waals surface area contributed by atoms with Gasteiger partial charge < -0.3 is 9.88 Å². The molecule has 2 heterocycles. The normalized spacial score (nSPS) is 15.2. The standard InChI is InChI=1S/C31H45N3.C3H8.C3H6.C2H6/c1-10-13-26(15-12-14-22(4)29-24(6)32-25(7)31(29,8)9)30-33-28(20-34(30)18-11-2)27-17-16-21(3)23(5)19-27;2*1-3-2;1-2/h16-17,19-20,26,32H,6-7,10-15,18H2,1-5,8-9H3;3H2,1-2H3;3H,1H2,2H3;1-2H3/b29-22-;;;. The summed E-state index contributed by atoms with van der Waals surface area (Å²) in [5.41, 5.74) is 9.79. The molecule has 0 radical (unpaired) electrons. The third-order valence-electron chi connectivity index (χ3n) is 7.59.